The van der Waals surface area contributed by atoms with Gasteiger partial charge in [0.05, 0.1) is 17.7 Å². The first-order valence-electron chi connectivity index (χ1n) is 9.28. The Morgan fingerprint density at radius 1 is 1.39 bits per heavy atom. The van der Waals surface area contributed by atoms with Crippen molar-refractivity contribution in [1.82, 2.24) is 10.3 Å². The Bertz CT molecular complexity index is 902. The van der Waals surface area contributed by atoms with Crippen molar-refractivity contribution in [1.29, 1.82) is 0 Å². The minimum atomic E-state index is -1.52. The van der Waals surface area contributed by atoms with Gasteiger partial charge in [-0.1, -0.05) is 6.92 Å². The van der Waals surface area contributed by atoms with E-state index in [2.05, 4.69) is 10.3 Å². The zero-order valence-electron chi connectivity index (χ0n) is 16.1. The fraction of sp³-hybridized carbons (Fsp3) is 0.450. The van der Waals surface area contributed by atoms with Crippen LogP contribution >= 0.6 is 0 Å². The number of pyridine rings is 1. The Morgan fingerprint density at radius 2 is 2.14 bits per heavy atom. The van der Waals surface area contributed by atoms with Gasteiger partial charge >= 0.3 is 0 Å². The van der Waals surface area contributed by atoms with Crippen molar-refractivity contribution >= 4 is 22.6 Å². The molecule has 3 atom stereocenters. The highest BCUT2D eigenvalue weighted by atomic mass is 19.1. The number of fused-ring (bicyclic) bond motifs is 1. The standard InChI is InChI=1S/C20H24FN3O4/c1-4-12-15(24-19(26)17(12)21)9-27-20-13-8-16(28-10(2)3)14(18(22)25)7-11(13)5-6-23-20/h5-8,10,12,15,17H,4,9H2,1-3H3,(H2,22,25)(H,24,26)/t12-,15+,17-/m0/s1. The molecule has 0 bridgehead atoms. The molecule has 8 heteroatoms. The summed E-state index contributed by atoms with van der Waals surface area (Å²) in [7, 11) is 0. The second-order valence-corrected chi connectivity index (χ2v) is 7.12. The topological polar surface area (TPSA) is 104 Å². The Morgan fingerprint density at radius 3 is 2.79 bits per heavy atom. The third kappa shape index (κ3) is 3.85. The zero-order chi connectivity index (χ0) is 20.4. The van der Waals surface area contributed by atoms with Gasteiger partial charge in [-0.2, -0.15) is 0 Å². The highest BCUT2D eigenvalue weighted by molar-refractivity contribution is 6.01. The average molecular weight is 389 g/mol. The van der Waals surface area contributed by atoms with Crippen LogP contribution in [-0.4, -0.2) is 41.7 Å². The van der Waals surface area contributed by atoms with Gasteiger partial charge in [-0.3, -0.25) is 9.59 Å². The Kier molecular flexibility index (Phi) is 5.67. The van der Waals surface area contributed by atoms with E-state index in [9.17, 15) is 14.0 Å². The molecule has 1 aliphatic heterocycles. The summed E-state index contributed by atoms with van der Waals surface area (Å²) in [5.41, 5.74) is 5.75. The number of alkyl halides is 1. The monoisotopic (exact) mass is 389 g/mol. The van der Waals surface area contributed by atoms with Crippen LogP contribution in [0.4, 0.5) is 4.39 Å². The summed E-state index contributed by atoms with van der Waals surface area (Å²) >= 11 is 0. The van der Waals surface area contributed by atoms with Crippen molar-refractivity contribution in [3.8, 4) is 11.6 Å². The number of amides is 2. The number of rotatable bonds is 7. The van der Waals surface area contributed by atoms with E-state index in [1.165, 1.54) is 0 Å². The maximum atomic E-state index is 14.0. The van der Waals surface area contributed by atoms with Crippen LogP contribution < -0.4 is 20.5 Å². The van der Waals surface area contributed by atoms with Gasteiger partial charge in [-0.25, -0.2) is 9.37 Å². The van der Waals surface area contributed by atoms with Crippen LogP contribution in [0.25, 0.3) is 10.8 Å². The third-order valence-corrected chi connectivity index (χ3v) is 4.80. The zero-order valence-corrected chi connectivity index (χ0v) is 16.1. The maximum absolute atomic E-state index is 14.0. The molecule has 2 amide bonds. The third-order valence-electron chi connectivity index (χ3n) is 4.80. The first kappa shape index (κ1) is 19.9. The lowest BCUT2D eigenvalue weighted by atomic mass is 9.97. The van der Waals surface area contributed by atoms with Gasteiger partial charge in [0, 0.05) is 17.5 Å². The Hall–Kier alpha value is -2.90. The van der Waals surface area contributed by atoms with Crippen LogP contribution in [0.1, 0.15) is 37.6 Å². The molecule has 3 N–H and O–H groups in total. The normalized spacial score (nSPS) is 21.8. The largest absolute Gasteiger partial charge is 0.490 e. The first-order valence-corrected chi connectivity index (χ1v) is 9.28. The van der Waals surface area contributed by atoms with E-state index in [1.807, 2.05) is 20.8 Å². The SMILES string of the molecule is CC[C@@H]1[C@H](F)C(=O)N[C@@H]1COc1nccc2cc(C(N)=O)c(OC(C)C)cc12. The van der Waals surface area contributed by atoms with E-state index < -0.39 is 29.9 Å². The van der Waals surface area contributed by atoms with Crippen LogP contribution in [0.2, 0.25) is 0 Å². The number of hydrogen-bond acceptors (Lipinski definition) is 5. The van der Waals surface area contributed by atoms with Gasteiger partial charge in [0.25, 0.3) is 11.8 Å². The number of nitrogens with one attached hydrogen (secondary N) is 1. The summed E-state index contributed by atoms with van der Waals surface area (Å²) in [5.74, 6) is -0.982. The molecule has 28 heavy (non-hydrogen) atoms. The molecule has 0 radical (unpaired) electrons. The smallest absolute Gasteiger partial charge is 0.255 e. The molecule has 1 saturated heterocycles. The minimum absolute atomic E-state index is 0.0920. The number of carbonyl (C=O) groups excluding carboxylic acids is 2. The molecule has 2 aromatic rings. The van der Waals surface area contributed by atoms with Crippen LogP contribution in [0.15, 0.2) is 24.4 Å². The Labute approximate surface area is 162 Å². The second kappa shape index (κ2) is 8.00. The molecular formula is C20H24FN3O4. The quantitative estimate of drug-likeness (QED) is 0.757. The number of halogens is 1. The lowest BCUT2D eigenvalue weighted by molar-refractivity contribution is -0.123. The number of carbonyl (C=O) groups is 2. The molecule has 1 aliphatic rings. The summed E-state index contributed by atoms with van der Waals surface area (Å²) in [6, 6.07) is 4.60. The number of ether oxygens (including phenoxy) is 2. The van der Waals surface area contributed by atoms with E-state index in [1.54, 1.807) is 24.4 Å². The molecule has 150 valence electrons. The van der Waals surface area contributed by atoms with Gasteiger partial charge in [0.15, 0.2) is 6.17 Å². The molecule has 3 rings (SSSR count). The van der Waals surface area contributed by atoms with Crippen molar-refractivity contribution in [2.24, 2.45) is 11.7 Å². The summed E-state index contributed by atoms with van der Waals surface area (Å²) < 4.78 is 25.5. The van der Waals surface area contributed by atoms with E-state index >= 15 is 0 Å². The van der Waals surface area contributed by atoms with Gasteiger partial charge in [0.2, 0.25) is 5.88 Å². The highest BCUT2D eigenvalue weighted by Crippen LogP contribution is 2.32. The van der Waals surface area contributed by atoms with Crippen LogP contribution in [0.3, 0.4) is 0 Å². The molecule has 2 heterocycles. The molecule has 0 aliphatic carbocycles. The van der Waals surface area contributed by atoms with Crippen LogP contribution in [-0.2, 0) is 4.79 Å². The molecule has 1 aromatic carbocycles. The van der Waals surface area contributed by atoms with Gasteiger partial charge in [-0.15, -0.1) is 0 Å². The summed E-state index contributed by atoms with van der Waals surface area (Å²) in [4.78, 5) is 27.6. The van der Waals surface area contributed by atoms with E-state index in [-0.39, 0.29) is 18.3 Å². The molecule has 0 saturated carbocycles. The van der Waals surface area contributed by atoms with Crippen molar-refractivity contribution in [2.75, 3.05) is 6.61 Å². The second-order valence-electron chi connectivity index (χ2n) is 7.12. The van der Waals surface area contributed by atoms with Crippen LogP contribution in [0.5, 0.6) is 11.6 Å². The molecule has 1 aromatic heterocycles. The number of nitrogens with two attached hydrogens (primary N) is 1. The summed E-state index contributed by atoms with van der Waals surface area (Å²) in [5, 5.41) is 3.98. The van der Waals surface area contributed by atoms with Gasteiger partial charge in [0.1, 0.15) is 12.4 Å². The molecule has 1 fully saturated rings. The lowest BCUT2D eigenvalue weighted by Crippen LogP contribution is -2.34. The van der Waals surface area contributed by atoms with Crippen molar-refractivity contribution in [3.05, 3.63) is 30.0 Å². The van der Waals surface area contributed by atoms with Crippen molar-refractivity contribution in [3.63, 3.8) is 0 Å². The summed E-state index contributed by atoms with van der Waals surface area (Å²) in [6.45, 7) is 5.61. The fourth-order valence-electron chi connectivity index (χ4n) is 3.43. The van der Waals surface area contributed by atoms with Gasteiger partial charge in [-0.05, 0) is 43.9 Å². The van der Waals surface area contributed by atoms with Crippen molar-refractivity contribution in [2.45, 2.75) is 45.5 Å². The number of benzene rings is 1. The van der Waals surface area contributed by atoms with Crippen LogP contribution in [0, 0.1) is 5.92 Å². The molecule has 0 spiro atoms. The number of hydrogen-bond donors (Lipinski definition) is 2. The number of nitrogens with zero attached hydrogens (tertiary/aromatic N) is 1. The predicted molar refractivity (Wildman–Crippen MR) is 102 cm³/mol. The van der Waals surface area contributed by atoms with E-state index in [0.717, 1.165) is 0 Å². The minimum Gasteiger partial charge on any atom is -0.490 e. The average Bonchev–Trinajstić information content (AvgIpc) is 2.92. The van der Waals surface area contributed by atoms with E-state index in [0.29, 0.717) is 28.8 Å². The summed E-state index contributed by atoms with van der Waals surface area (Å²) in [6.07, 6.45) is 0.388. The first-order chi connectivity index (χ1) is 13.3. The fourth-order valence-corrected chi connectivity index (χ4v) is 3.43. The molecular weight excluding hydrogens is 365 g/mol. The molecule has 7 nitrogen and oxygen atoms in total. The van der Waals surface area contributed by atoms with Crippen molar-refractivity contribution < 1.29 is 23.5 Å². The Balaban J connectivity index is 1.91. The highest BCUT2D eigenvalue weighted by Gasteiger charge is 2.41. The number of aromatic nitrogens is 1. The maximum Gasteiger partial charge on any atom is 0.255 e. The van der Waals surface area contributed by atoms with Gasteiger partial charge < -0.3 is 20.5 Å². The predicted octanol–water partition coefficient (Wildman–Crippen LogP) is 2.36. The molecule has 0 unspecified atom stereocenters. The lowest BCUT2D eigenvalue weighted by Gasteiger charge is -2.19. The van der Waals surface area contributed by atoms with E-state index in [4.69, 9.17) is 15.2 Å². The number of primary amides is 1.